The van der Waals surface area contributed by atoms with Crippen molar-refractivity contribution in [3.63, 3.8) is 0 Å². The zero-order valence-electron chi connectivity index (χ0n) is 14.3. The molecule has 1 aromatic carbocycles. The Hall–Kier alpha value is -1.63. The molecule has 1 unspecified atom stereocenters. The predicted molar refractivity (Wildman–Crippen MR) is 98.2 cm³/mol. The van der Waals surface area contributed by atoms with Crippen LogP contribution >= 0.6 is 11.3 Å². The molecule has 0 radical (unpaired) electrons. The molecule has 5 nitrogen and oxygen atoms in total. The Morgan fingerprint density at radius 1 is 1.21 bits per heavy atom. The highest BCUT2D eigenvalue weighted by Crippen LogP contribution is 2.21. The highest BCUT2D eigenvalue weighted by molar-refractivity contribution is 7.13. The first-order valence-electron chi connectivity index (χ1n) is 8.38. The van der Waals surface area contributed by atoms with Crippen molar-refractivity contribution in [3.8, 4) is 5.75 Å². The van der Waals surface area contributed by atoms with Gasteiger partial charge < -0.3 is 14.7 Å². The van der Waals surface area contributed by atoms with Gasteiger partial charge >= 0.3 is 0 Å². The molecular formula is C18H25N3O2S. The SMILES string of the molecule is Cc1csc(N2CCN(CC(O)COc3ccccc3C)CC2)n1. The van der Waals surface area contributed by atoms with Crippen LogP contribution in [0.5, 0.6) is 5.75 Å². The van der Waals surface area contributed by atoms with Gasteiger partial charge in [-0.2, -0.15) is 0 Å². The third-order valence-electron chi connectivity index (χ3n) is 4.24. The number of ether oxygens (including phenoxy) is 1. The molecule has 1 saturated heterocycles. The largest absolute Gasteiger partial charge is 0.491 e. The van der Waals surface area contributed by atoms with Crippen LogP contribution in [-0.2, 0) is 0 Å². The second-order valence-corrected chi connectivity index (χ2v) is 7.13. The van der Waals surface area contributed by atoms with Gasteiger partial charge in [-0.05, 0) is 25.5 Å². The highest BCUT2D eigenvalue weighted by atomic mass is 32.1. The van der Waals surface area contributed by atoms with Crippen LogP contribution in [0.1, 0.15) is 11.3 Å². The number of aromatic nitrogens is 1. The summed E-state index contributed by atoms with van der Waals surface area (Å²) < 4.78 is 5.74. The molecule has 0 aliphatic carbocycles. The Bertz CT molecular complexity index is 653. The number of nitrogens with zero attached hydrogens (tertiary/aromatic N) is 3. The summed E-state index contributed by atoms with van der Waals surface area (Å²) >= 11 is 1.71. The number of hydrogen-bond donors (Lipinski definition) is 1. The van der Waals surface area contributed by atoms with Gasteiger partial charge in [-0.15, -0.1) is 11.3 Å². The number of benzene rings is 1. The van der Waals surface area contributed by atoms with E-state index in [1.807, 2.05) is 38.1 Å². The van der Waals surface area contributed by atoms with Crippen LogP contribution in [0.2, 0.25) is 0 Å². The maximum atomic E-state index is 10.2. The zero-order valence-corrected chi connectivity index (χ0v) is 15.1. The number of hydrogen-bond acceptors (Lipinski definition) is 6. The first-order chi connectivity index (χ1) is 11.6. The molecule has 0 amide bonds. The number of piperazine rings is 1. The monoisotopic (exact) mass is 347 g/mol. The van der Waals surface area contributed by atoms with Crippen molar-refractivity contribution in [1.82, 2.24) is 9.88 Å². The fraction of sp³-hybridized carbons (Fsp3) is 0.500. The van der Waals surface area contributed by atoms with Gasteiger partial charge in [0.25, 0.3) is 0 Å². The van der Waals surface area contributed by atoms with E-state index in [9.17, 15) is 5.11 Å². The second kappa shape index (κ2) is 7.96. The van der Waals surface area contributed by atoms with E-state index in [0.717, 1.165) is 48.3 Å². The molecule has 1 N–H and O–H groups in total. The smallest absolute Gasteiger partial charge is 0.185 e. The highest BCUT2D eigenvalue weighted by Gasteiger charge is 2.21. The number of para-hydroxylation sites is 1. The molecule has 0 bridgehead atoms. The minimum Gasteiger partial charge on any atom is -0.491 e. The van der Waals surface area contributed by atoms with E-state index >= 15 is 0 Å². The summed E-state index contributed by atoms with van der Waals surface area (Å²) in [4.78, 5) is 9.17. The zero-order chi connectivity index (χ0) is 16.9. The standard InChI is InChI=1S/C18H25N3O2S/c1-14-5-3-4-6-17(14)23-12-16(22)11-20-7-9-21(10-8-20)18-19-15(2)13-24-18/h3-6,13,16,22H,7-12H2,1-2H3. The topological polar surface area (TPSA) is 48.8 Å². The van der Waals surface area contributed by atoms with E-state index in [2.05, 4.69) is 20.2 Å². The fourth-order valence-corrected chi connectivity index (χ4v) is 3.72. The lowest BCUT2D eigenvalue weighted by Crippen LogP contribution is -2.49. The van der Waals surface area contributed by atoms with Crippen LogP contribution in [0.4, 0.5) is 5.13 Å². The van der Waals surface area contributed by atoms with E-state index in [1.54, 1.807) is 11.3 Å². The van der Waals surface area contributed by atoms with Crippen molar-refractivity contribution < 1.29 is 9.84 Å². The van der Waals surface area contributed by atoms with Crippen LogP contribution in [0.25, 0.3) is 0 Å². The minimum absolute atomic E-state index is 0.330. The van der Waals surface area contributed by atoms with Crippen molar-refractivity contribution in [2.45, 2.75) is 20.0 Å². The van der Waals surface area contributed by atoms with Crippen molar-refractivity contribution in [2.24, 2.45) is 0 Å². The molecular weight excluding hydrogens is 322 g/mol. The van der Waals surface area contributed by atoms with Crippen molar-refractivity contribution >= 4 is 16.5 Å². The maximum absolute atomic E-state index is 10.2. The number of β-amino-alcohol motifs (C(OH)–C–C–N with tert-alkyl or cyclic N) is 1. The Morgan fingerprint density at radius 2 is 1.96 bits per heavy atom. The first-order valence-corrected chi connectivity index (χ1v) is 9.25. The molecule has 1 aliphatic rings. The van der Waals surface area contributed by atoms with E-state index < -0.39 is 6.10 Å². The maximum Gasteiger partial charge on any atom is 0.185 e. The fourth-order valence-electron chi connectivity index (χ4n) is 2.86. The Morgan fingerprint density at radius 3 is 2.62 bits per heavy atom. The van der Waals surface area contributed by atoms with E-state index in [4.69, 9.17) is 4.74 Å². The molecule has 0 spiro atoms. The third-order valence-corrected chi connectivity index (χ3v) is 5.26. The number of rotatable bonds is 6. The van der Waals surface area contributed by atoms with Crippen LogP contribution in [0, 0.1) is 13.8 Å². The van der Waals surface area contributed by atoms with Crippen LogP contribution in [0.3, 0.4) is 0 Å². The quantitative estimate of drug-likeness (QED) is 0.869. The van der Waals surface area contributed by atoms with Gasteiger partial charge in [0.1, 0.15) is 18.5 Å². The van der Waals surface area contributed by atoms with Gasteiger partial charge in [-0.3, -0.25) is 4.90 Å². The summed E-state index contributed by atoms with van der Waals surface area (Å²) in [6.07, 6.45) is -0.474. The first kappa shape index (κ1) is 17.2. The minimum atomic E-state index is -0.474. The second-order valence-electron chi connectivity index (χ2n) is 6.29. The number of thiazole rings is 1. The van der Waals surface area contributed by atoms with Gasteiger partial charge in [0.15, 0.2) is 5.13 Å². The predicted octanol–water partition coefficient (Wildman–Crippen LogP) is 2.32. The van der Waals surface area contributed by atoms with Crippen molar-refractivity contribution in [3.05, 3.63) is 40.9 Å². The molecule has 1 aromatic heterocycles. The Labute approximate surface area is 147 Å². The molecule has 3 rings (SSSR count). The Balaban J connectivity index is 1.41. The van der Waals surface area contributed by atoms with E-state index in [0.29, 0.717) is 13.2 Å². The number of aliphatic hydroxyl groups excluding tert-OH is 1. The molecule has 130 valence electrons. The van der Waals surface area contributed by atoms with Gasteiger partial charge in [-0.1, -0.05) is 18.2 Å². The number of aryl methyl sites for hydroxylation is 2. The van der Waals surface area contributed by atoms with Gasteiger partial charge in [0.05, 0.1) is 5.69 Å². The molecule has 1 atom stereocenters. The van der Waals surface area contributed by atoms with Crippen LogP contribution < -0.4 is 9.64 Å². The summed E-state index contributed by atoms with van der Waals surface area (Å²) in [6, 6.07) is 7.90. The summed E-state index contributed by atoms with van der Waals surface area (Å²) in [5.41, 5.74) is 2.18. The lowest BCUT2D eigenvalue weighted by molar-refractivity contribution is 0.0661. The summed E-state index contributed by atoms with van der Waals surface area (Å²) in [5, 5.41) is 13.4. The van der Waals surface area contributed by atoms with Gasteiger partial charge in [-0.25, -0.2) is 4.98 Å². The van der Waals surface area contributed by atoms with Crippen LogP contribution in [-0.4, -0.2) is 60.4 Å². The summed E-state index contributed by atoms with van der Waals surface area (Å²) in [5.74, 6) is 0.848. The lowest BCUT2D eigenvalue weighted by Gasteiger charge is -2.35. The van der Waals surface area contributed by atoms with Gasteiger partial charge in [0.2, 0.25) is 0 Å². The average Bonchev–Trinajstić information content (AvgIpc) is 3.01. The lowest BCUT2D eigenvalue weighted by atomic mass is 10.2. The average molecular weight is 347 g/mol. The molecule has 1 aliphatic heterocycles. The molecule has 2 heterocycles. The van der Waals surface area contributed by atoms with E-state index in [1.165, 1.54) is 0 Å². The molecule has 6 heteroatoms. The normalized spacial score (nSPS) is 17.0. The van der Waals surface area contributed by atoms with Crippen molar-refractivity contribution in [2.75, 3.05) is 44.2 Å². The summed E-state index contributed by atoms with van der Waals surface area (Å²) in [7, 11) is 0. The van der Waals surface area contributed by atoms with Crippen molar-refractivity contribution in [1.29, 1.82) is 0 Å². The Kier molecular flexibility index (Phi) is 5.71. The summed E-state index contributed by atoms with van der Waals surface area (Å²) in [6.45, 7) is 8.83. The van der Waals surface area contributed by atoms with Crippen LogP contribution in [0.15, 0.2) is 29.6 Å². The molecule has 24 heavy (non-hydrogen) atoms. The molecule has 0 saturated carbocycles. The van der Waals surface area contributed by atoms with E-state index in [-0.39, 0.29) is 0 Å². The molecule has 2 aromatic rings. The number of anilines is 1. The molecule has 1 fully saturated rings. The van der Waals surface area contributed by atoms with Gasteiger partial charge in [0, 0.05) is 38.1 Å². The number of aliphatic hydroxyl groups is 1. The third kappa shape index (κ3) is 4.47.